The fourth-order valence-corrected chi connectivity index (χ4v) is 4.45. The predicted octanol–water partition coefficient (Wildman–Crippen LogP) is 3.13. The molecule has 0 bridgehead atoms. The lowest BCUT2D eigenvalue weighted by Gasteiger charge is -2.30. The Balaban J connectivity index is 1.72. The van der Waals surface area contributed by atoms with Crippen LogP contribution in [-0.4, -0.2) is 42.7 Å². The van der Waals surface area contributed by atoms with Crippen LogP contribution in [-0.2, 0) is 11.2 Å². The quantitative estimate of drug-likeness (QED) is 0.559. The second-order valence-electron chi connectivity index (χ2n) is 9.05. The average Bonchev–Trinajstić information content (AvgIpc) is 3.27. The first kappa shape index (κ1) is 21.2. The molecule has 3 aromatic rings. The minimum Gasteiger partial charge on any atom is -0.389 e. The van der Waals surface area contributed by atoms with Crippen LogP contribution >= 0.6 is 0 Å². The van der Waals surface area contributed by atoms with Gasteiger partial charge in [-0.15, -0.1) is 0 Å². The van der Waals surface area contributed by atoms with E-state index in [1.807, 2.05) is 4.57 Å². The van der Waals surface area contributed by atoms with E-state index < -0.39 is 11.4 Å². The number of hydrogen-bond donors (Lipinski definition) is 3. The number of nitriles is 1. The molecule has 0 aliphatic heterocycles. The van der Waals surface area contributed by atoms with E-state index in [0.717, 1.165) is 25.7 Å². The number of nitrogens with zero attached hydrogens (tertiary/aromatic N) is 4. The highest BCUT2D eigenvalue weighted by Gasteiger charge is 2.28. The van der Waals surface area contributed by atoms with Crippen molar-refractivity contribution < 1.29 is 14.3 Å². The van der Waals surface area contributed by atoms with Gasteiger partial charge in [0.05, 0.1) is 35.2 Å². The van der Waals surface area contributed by atoms with E-state index in [-0.39, 0.29) is 24.9 Å². The van der Waals surface area contributed by atoms with Crippen molar-refractivity contribution in [2.75, 3.05) is 6.54 Å². The Labute approximate surface area is 179 Å². The summed E-state index contributed by atoms with van der Waals surface area (Å²) < 4.78 is 16.7. The molecule has 1 aliphatic rings. The van der Waals surface area contributed by atoms with Crippen molar-refractivity contribution in [3.05, 3.63) is 24.0 Å². The first-order valence-corrected chi connectivity index (χ1v) is 10.6. The van der Waals surface area contributed by atoms with Gasteiger partial charge < -0.3 is 20.0 Å². The van der Waals surface area contributed by atoms with E-state index in [1.54, 1.807) is 20.0 Å². The van der Waals surface area contributed by atoms with Crippen molar-refractivity contribution in [2.45, 2.75) is 64.0 Å². The molecule has 1 fully saturated rings. The number of imidazole rings is 1. The molecule has 1 saturated carbocycles. The number of carbonyl (C=O) groups is 1. The summed E-state index contributed by atoms with van der Waals surface area (Å²) in [5.41, 5.74) is 0.634. The van der Waals surface area contributed by atoms with Gasteiger partial charge in [-0.05, 0) is 45.4 Å². The van der Waals surface area contributed by atoms with E-state index in [9.17, 15) is 14.3 Å². The molecule has 9 heteroatoms. The van der Waals surface area contributed by atoms with Gasteiger partial charge in [-0.2, -0.15) is 5.26 Å². The second-order valence-corrected chi connectivity index (χ2v) is 9.05. The molecule has 3 aromatic heterocycles. The smallest absolute Gasteiger partial charge is 0.227 e. The molecule has 1 amide bonds. The van der Waals surface area contributed by atoms with E-state index >= 15 is 0 Å². The number of hydrogen-bond acceptors (Lipinski definition) is 5. The second kappa shape index (κ2) is 8.27. The summed E-state index contributed by atoms with van der Waals surface area (Å²) in [7, 11) is 0. The van der Waals surface area contributed by atoms with Crippen molar-refractivity contribution >= 4 is 28.0 Å². The lowest BCUT2D eigenvalue weighted by atomic mass is 9.84. The zero-order valence-corrected chi connectivity index (χ0v) is 17.8. The Morgan fingerprint density at radius 2 is 2.16 bits per heavy atom. The van der Waals surface area contributed by atoms with E-state index in [4.69, 9.17) is 5.26 Å². The molecule has 1 aliphatic carbocycles. The van der Waals surface area contributed by atoms with Gasteiger partial charge in [-0.3, -0.25) is 4.79 Å². The highest BCUT2D eigenvalue weighted by Crippen LogP contribution is 2.38. The largest absolute Gasteiger partial charge is 0.389 e. The van der Waals surface area contributed by atoms with Crippen LogP contribution < -0.4 is 5.32 Å². The van der Waals surface area contributed by atoms with Gasteiger partial charge in [-0.1, -0.05) is 0 Å². The number of halogens is 1. The monoisotopic (exact) mass is 426 g/mol. The lowest BCUT2D eigenvalue weighted by molar-refractivity contribution is -0.121. The third-order valence-corrected chi connectivity index (χ3v) is 5.97. The highest BCUT2D eigenvalue weighted by atomic mass is 19.1. The number of pyridine rings is 1. The van der Waals surface area contributed by atoms with Gasteiger partial charge >= 0.3 is 0 Å². The Bertz CT molecular complexity index is 1140. The fourth-order valence-electron chi connectivity index (χ4n) is 4.45. The highest BCUT2D eigenvalue weighted by molar-refractivity contribution is 6.02. The van der Waals surface area contributed by atoms with E-state index in [1.165, 1.54) is 6.20 Å². The number of nitrogens with one attached hydrogen (secondary N) is 2. The molecule has 4 rings (SSSR count). The number of aromatic nitrogens is 4. The summed E-state index contributed by atoms with van der Waals surface area (Å²) in [4.78, 5) is 24.3. The van der Waals surface area contributed by atoms with Crippen LogP contribution in [0, 0.1) is 23.1 Å². The van der Waals surface area contributed by atoms with Gasteiger partial charge in [-0.25, -0.2) is 14.4 Å². The fraction of sp³-hybridized carbons (Fsp3) is 0.545. The van der Waals surface area contributed by atoms with Gasteiger partial charge in [0.2, 0.25) is 5.91 Å². The molecule has 0 saturated heterocycles. The average molecular weight is 426 g/mol. The van der Waals surface area contributed by atoms with Crippen LogP contribution in [0.5, 0.6) is 0 Å². The van der Waals surface area contributed by atoms with Crippen molar-refractivity contribution in [3.63, 3.8) is 0 Å². The maximum absolute atomic E-state index is 14.7. The maximum Gasteiger partial charge on any atom is 0.227 e. The SMILES string of the molecule is CC(C)(O)CNC(=O)Cc1nc2cnc3[nH]cc(F)c3c2n1C1CCC(CC#N)CC1. The Morgan fingerprint density at radius 3 is 2.84 bits per heavy atom. The topological polar surface area (TPSA) is 120 Å². The number of aromatic amines is 1. The number of H-pyrrole nitrogens is 1. The molecule has 0 aromatic carbocycles. The molecule has 0 radical (unpaired) electrons. The number of fused-ring (bicyclic) bond motifs is 3. The molecule has 0 unspecified atom stereocenters. The molecule has 3 heterocycles. The molecule has 0 spiro atoms. The van der Waals surface area contributed by atoms with Gasteiger partial charge in [0, 0.05) is 25.2 Å². The minimum absolute atomic E-state index is 0.0242. The van der Waals surface area contributed by atoms with Crippen molar-refractivity contribution in [3.8, 4) is 6.07 Å². The number of rotatable bonds is 6. The molecule has 164 valence electrons. The summed E-state index contributed by atoms with van der Waals surface area (Å²) in [6.07, 6.45) is 6.95. The first-order chi connectivity index (χ1) is 14.8. The van der Waals surface area contributed by atoms with E-state index in [0.29, 0.717) is 40.2 Å². The summed E-state index contributed by atoms with van der Waals surface area (Å²) >= 11 is 0. The van der Waals surface area contributed by atoms with Crippen molar-refractivity contribution in [1.29, 1.82) is 5.26 Å². The summed E-state index contributed by atoms with van der Waals surface area (Å²) in [5.74, 6) is 0.281. The zero-order valence-electron chi connectivity index (χ0n) is 17.8. The normalized spacial score (nSPS) is 19.6. The van der Waals surface area contributed by atoms with Gasteiger partial charge in [0.1, 0.15) is 17.0 Å². The molecule has 31 heavy (non-hydrogen) atoms. The predicted molar refractivity (Wildman–Crippen MR) is 114 cm³/mol. The molecule has 8 nitrogen and oxygen atoms in total. The zero-order chi connectivity index (χ0) is 22.2. The molecular formula is C22H27FN6O2. The Morgan fingerprint density at radius 1 is 1.42 bits per heavy atom. The van der Waals surface area contributed by atoms with Crippen LogP contribution in [0.25, 0.3) is 22.1 Å². The van der Waals surface area contributed by atoms with Crippen molar-refractivity contribution in [1.82, 2.24) is 24.8 Å². The Kier molecular flexibility index (Phi) is 5.67. The number of aliphatic hydroxyl groups is 1. The standard InChI is InChI=1S/C22H27FN6O2/c1-22(2,31)12-27-18(30)9-17-28-16-11-26-21-19(15(23)10-25-21)20(16)29(17)14-5-3-13(4-6-14)7-8-24/h10-11,13-14,31H,3-7,9,12H2,1-2H3,(H,25,26)(H,27,30). The van der Waals surface area contributed by atoms with Crippen LogP contribution in [0.1, 0.15) is 57.8 Å². The van der Waals surface area contributed by atoms with Crippen LogP contribution in [0.15, 0.2) is 12.4 Å². The summed E-state index contributed by atoms with van der Waals surface area (Å²) in [6, 6.07) is 2.32. The first-order valence-electron chi connectivity index (χ1n) is 10.6. The van der Waals surface area contributed by atoms with Crippen LogP contribution in [0.2, 0.25) is 0 Å². The van der Waals surface area contributed by atoms with Gasteiger partial charge in [0.25, 0.3) is 0 Å². The van der Waals surface area contributed by atoms with Gasteiger partial charge in [0.15, 0.2) is 5.82 Å². The molecule has 3 N–H and O–H groups in total. The van der Waals surface area contributed by atoms with Crippen molar-refractivity contribution in [2.24, 2.45) is 5.92 Å². The maximum atomic E-state index is 14.7. The van der Waals surface area contributed by atoms with Crippen LogP contribution in [0.3, 0.4) is 0 Å². The Hall–Kier alpha value is -2.99. The number of amides is 1. The van der Waals surface area contributed by atoms with E-state index in [2.05, 4.69) is 26.3 Å². The van der Waals surface area contributed by atoms with Crippen LogP contribution in [0.4, 0.5) is 4.39 Å². The lowest BCUT2D eigenvalue weighted by Crippen LogP contribution is -2.39. The molecular weight excluding hydrogens is 399 g/mol. The third kappa shape index (κ3) is 4.39. The summed E-state index contributed by atoms with van der Waals surface area (Å²) in [5, 5.41) is 22.0. The third-order valence-electron chi connectivity index (χ3n) is 5.97. The molecule has 0 atom stereocenters. The minimum atomic E-state index is -1.01. The number of carbonyl (C=O) groups excluding carboxylic acids is 1. The summed E-state index contributed by atoms with van der Waals surface area (Å²) in [6.45, 7) is 3.38.